The highest BCUT2D eigenvalue weighted by Gasteiger charge is 2.51. The first-order valence-electron chi connectivity index (χ1n) is 12.5. The Morgan fingerprint density at radius 1 is 1.20 bits per heavy atom. The molecule has 2 aromatic carbocycles. The summed E-state index contributed by atoms with van der Waals surface area (Å²) in [6.45, 7) is 2.79. The summed E-state index contributed by atoms with van der Waals surface area (Å²) in [6, 6.07) is 6.61. The number of anilines is 2. The van der Waals surface area contributed by atoms with Gasteiger partial charge in [0.25, 0.3) is 10.0 Å². The molecule has 1 heterocycles. The minimum Gasteiger partial charge on any atom is -0.494 e. The van der Waals surface area contributed by atoms with Crippen molar-refractivity contribution < 1.29 is 54.9 Å². The van der Waals surface area contributed by atoms with E-state index in [1.165, 1.54) is 12.1 Å². The van der Waals surface area contributed by atoms with Crippen molar-refractivity contribution in [3.8, 4) is 11.5 Å². The molecular formula is C26H30F4N2O8S. The molecule has 1 aliphatic heterocycles. The number of halogens is 4. The number of hydrogen-bond donors (Lipinski definition) is 2. The van der Waals surface area contributed by atoms with E-state index in [1.54, 1.807) is 6.92 Å². The Kier molecular flexibility index (Phi) is 9.30. The maximum atomic E-state index is 14.0. The molecule has 41 heavy (non-hydrogen) atoms. The topological polar surface area (TPSA) is 131 Å². The number of methoxy groups -OCH3 is 1. The molecule has 0 radical (unpaired) electrons. The number of ether oxygens (including phenoxy) is 3. The number of sulfonamides is 1. The molecule has 2 N–H and O–H groups in total. The largest absolute Gasteiger partial charge is 0.494 e. The molecule has 2 atom stereocenters. The lowest BCUT2D eigenvalue weighted by Crippen LogP contribution is -2.45. The molecule has 0 bridgehead atoms. The minimum absolute atomic E-state index is 0.00841. The average Bonchev–Trinajstić information content (AvgIpc) is 2.87. The van der Waals surface area contributed by atoms with Crippen molar-refractivity contribution >= 4 is 33.5 Å². The van der Waals surface area contributed by atoms with Crippen LogP contribution in [0.15, 0.2) is 41.3 Å². The number of fused-ring (bicyclic) bond motifs is 1. The van der Waals surface area contributed by atoms with E-state index in [1.807, 2.05) is 0 Å². The Balaban J connectivity index is 2.02. The third kappa shape index (κ3) is 7.13. The Morgan fingerprint density at radius 2 is 1.88 bits per heavy atom. The molecular weight excluding hydrogens is 576 g/mol. The van der Waals surface area contributed by atoms with Crippen molar-refractivity contribution in [1.29, 1.82) is 0 Å². The smallest absolute Gasteiger partial charge is 0.427 e. The summed E-state index contributed by atoms with van der Waals surface area (Å²) < 4.78 is 97.3. The van der Waals surface area contributed by atoms with Gasteiger partial charge in [-0.15, -0.1) is 0 Å². The van der Waals surface area contributed by atoms with Crippen LogP contribution < -0.4 is 19.1 Å². The van der Waals surface area contributed by atoms with E-state index in [9.17, 15) is 40.7 Å². The number of hydrogen-bond acceptors (Lipinski definition) is 7. The van der Waals surface area contributed by atoms with E-state index in [2.05, 4.69) is 10.1 Å². The fourth-order valence-electron chi connectivity index (χ4n) is 4.11. The molecule has 3 rings (SSSR count). The van der Waals surface area contributed by atoms with Gasteiger partial charge in [0.15, 0.2) is 11.6 Å². The van der Waals surface area contributed by atoms with Gasteiger partial charge in [-0.3, -0.25) is 14.4 Å². The Labute approximate surface area is 234 Å². The van der Waals surface area contributed by atoms with E-state index in [0.717, 1.165) is 35.7 Å². The highest BCUT2D eigenvalue weighted by atomic mass is 32.2. The summed E-state index contributed by atoms with van der Waals surface area (Å²) in [5.41, 5.74) is -3.02. The minimum atomic E-state index is -4.85. The number of nitrogens with zero attached hydrogens (tertiary/aromatic N) is 1. The van der Waals surface area contributed by atoms with Crippen LogP contribution in [0, 0.1) is 11.7 Å². The molecule has 0 aliphatic carbocycles. The van der Waals surface area contributed by atoms with Crippen molar-refractivity contribution in [2.24, 2.45) is 5.92 Å². The summed E-state index contributed by atoms with van der Waals surface area (Å²) in [4.78, 5) is 23.7. The maximum absolute atomic E-state index is 14.0. The number of carboxylic acids is 1. The van der Waals surface area contributed by atoms with Gasteiger partial charge in [0, 0.05) is 11.8 Å². The first-order valence-corrected chi connectivity index (χ1v) is 13.9. The van der Waals surface area contributed by atoms with Gasteiger partial charge < -0.3 is 19.3 Å². The predicted molar refractivity (Wildman–Crippen MR) is 139 cm³/mol. The van der Waals surface area contributed by atoms with Crippen molar-refractivity contribution in [2.75, 3.05) is 23.3 Å². The van der Waals surface area contributed by atoms with Gasteiger partial charge in [0.1, 0.15) is 11.9 Å². The number of nitrogens with one attached hydrogen (secondary N) is 1. The zero-order chi connectivity index (χ0) is 30.8. The van der Waals surface area contributed by atoms with Crippen molar-refractivity contribution in [2.45, 2.75) is 62.8 Å². The number of benzene rings is 2. The molecule has 2 aromatic rings. The van der Waals surface area contributed by atoms with Crippen LogP contribution in [0.25, 0.3) is 0 Å². The monoisotopic (exact) mass is 606 g/mol. The molecule has 1 aliphatic rings. The van der Waals surface area contributed by atoms with Crippen LogP contribution >= 0.6 is 0 Å². The average molecular weight is 607 g/mol. The lowest BCUT2D eigenvalue weighted by atomic mass is 9.96. The molecule has 0 saturated heterocycles. The van der Waals surface area contributed by atoms with Crippen LogP contribution in [0.3, 0.4) is 0 Å². The lowest BCUT2D eigenvalue weighted by molar-refractivity contribution is -0.242. The zero-order valence-electron chi connectivity index (χ0n) is 22.6. The molecule has 226 valence electrons. The second-order valence-electron chi connectivity index (χ2n) is 9.84. The molecule has 0 fully saturated rings. The predicted octanol–water partition coefficient (Wildman–Crippen LogP) is 5.57. The van der Waals surface area contributed by atoms with Crippen LogP contribution in [0.5, 0.6) is 11.5 Å². The number of carbonyl (C=O) groups excluding carboxylic acids is 1. The normalized spacial score (nSPS) is 16.3. The van der Waals surface area contributed by atoms with E-state index >= 15 is 0 Å². The summed E-state index contributed by atoms with van der Waals surface area (Å²) in [7, 11) is -3.29. The van der Waals surface area contributed by atoms with Gasteiger partial charge in [-0.25, -0.2) is 17.6 Å². The van der Waals surface area contributed by atoms with Crippen LogP contribution in [0.1, 0.15) is 40.0 Å². The van der Waals surface area contributed by atoms with Crippen molar-refractivity contribution in [3.63, 3.8) is 0 Å². The fourth-order valence-corrected chi connectivity index (χ4v) is 5.62. The third-order valence-electron chi connectivity index (χ3n) is 6.41. The second-order valence-corrected chi connectivity index (χ2v) is 11.7. The molecule has 0 spiro atoms. The van der Waals surface area contributed by atoms with Gasteiger partial charge in [-0.1, -0.05) is 13.3 Å². The summed E-state index contributed by atoms with van der Waals surface area (Å²) in [6.07, 6.45) is -6.33. The summed E-state index contributed by atoms with van der Waals surface area (Å²) >= 11 is 0. The summed E-state index contributed by atoms with van der Waals surface area (Å²) in [5.74, 6) is -3.03. The number of alkyl halides is 3. The van der Waals surface area contributed by atoms with Crippen LogP contribution in [0.4, 0.5) is 33.7 Å². The molecule has 1 amide bonds. The van der Waals surface area contributed by atoms with E-state index < -0.39 is 51.7 Å². The zero-order valence-corrected chi connectivity index (χ0v) is 23.4. The SMILES string of the molecule is CCCC(CC1CN(S(=O)(=O)c2ccc(F)c(OC)c2)c2cc(NC(=O)OC(C)(C)C(F)(F)F)ccc2O1)C(=O)O. The number of rotatable bonds is 10. The highest BCUT2D eigenvalue weighted by molar-refractivity contribution is 7.92. The number of amides is 1. The lowest BCUT2D eigenvalue weighted by Gasteiger charge is -2.36. The van der Waals surface area contributed by atoms with Gasteiger partial charge in [0.2, 0.25) is 5.60 Å². The van der Waals surface area contributed by atoms with Crippen LogP contribution in [-0.4, -0.2) is 57.1 Å². The molecule has 15 heteroatoms. The first kappa shape index (κ1) is 31.8. The molecule has 0 saturated carbocycles. The number of carboxylic acid groups (broad SMARTS) is 1. The Hall–Kier alpha value is -3.75. The standard InChI is InChI=1S/C26H30F4N2O8S/c1-5-6-15(23(33)34)11-17-14-32(41(36,37)18-8-9-19(27)22(13-18)38-4)20-12-16(7-10-21(20)39-17)31-24(35)40-25(2,3)26(28,29)30/h7-10,12-13,15,17H,5-6,11,14H2,1-4H3,(H,31,35)(H,33,34). The van der Waals surface area contributed by atoms with Gasteiger partial charge in [-0.2, -0.15) is 13.2 Å². The van der Waals surface area contributed by atoms with Crippen molar-refractivity contribution in [1.82, 2.24) is 0 Å². The molecule has 10 nitrogen and oxygen atoms in total. The Morgan fingerprint density at radius 3 is 2.46 bits per heavy atom. The van der Waals surface area contributed by atoms with E-state index in [-0.39, 0.29) is 40.7 Å². The van der Waals surface area contributed by atoms with Crippen LogP contribution in [0.2, 0.25) is 0 Å². The van der Waals surface area contributed by atoms with Gasteiger partial charge in [0.05, 0.1) is 30.2 Å². The van der Waals surface area contributed by atoms with Gasteiger partial charge in [-0.05, 0) is 57.0 Å². The quantitative estimate of drug-likeness (QED) is 0.336. The first-order chi connectivity index (χ1) is 19.0. The fraction of sp³-hybridized carbons (Fsp3) is 0.462. The van der Waals surface area contributed by atoms with Crippen molar-refractivity contribution in [3.05, 3.63) is 42.2 Å². The Bertz CT molecular complexity index is 1400. The number of aliphatic carboxylic acids is 1. The summed E-state index contributed by atoms with van der Waals surface area (Å²) in [5, 5.41) is 11.8. The van der Waals surface area contributed by atoms with Crippen LogP contribution in [-0.2, 0) is 19.6 Å². The number of carbonyl (C=O) groups is 2. The van der Waals surface area contributed by atoms with E-state index in [4.69, 9.17) is 9.47 Å². The molecule has 2 unspecified atom stereocenters. The third-order valence-corrected chi connectivity index (χ3v) is 8.19. The second kappa shape index (κ2) is 12.0. The van der Waals surface area contributed by atoms with Gasteiger partial charge >= 0.3 is 18.2 Å². The molecule has 0 aromatic heterocycles. The maximum Gasteiger partial charge on any atom is 0.427 e. The highest BCUT2D eigenvalue weighted by Crippen LogP contribution is 2.41. The van der Waals surface area contributed by atoms with E-state index in [0.29, 0.717) is 26.7 Å².